The molecular weight excluding hydrogens is 421 g/mol. The summed E-state index contributed by atoms with van der Waals surface area (Å²) in [5.74, 6) is -0.00551. The van der Waals surface area contributed by atoms with Crippen molar-refractivity contribution in [2.45, 2.75) is 38.9 Å². The van der Waals surface area contributed by atoms with E-state index in [0.717, 1.165) is 5.69 Å². The highest BCUT2D eigenvalue weighted by Gasteiger charge is 2.35. The number of fused-ring (bicyclic) bond motifs is 1. The van der Waals surface area contributed by atoms with Crippen LogP contribution in [0.1, 0.15) is 35.5 Å². The van der Waals surface area contributed by atoms with E-state index in [1.807, 2.05) is 13.8 Å². The number of nitrogens with one attached hydrogen (secondary N) is 1. The Kier molecular flexibility index (Phi) is 5.93. The Morgan fingerprint density at radius 2 is 2.13 bits per heavy atom. The van der Waals surface area contributed by atoms with Crippen LogP contribution in [0.15, 0.2) is 42.7 Å². The summed E-state index contributed by atoms with van der Waals surface area (Å²) in [7, 11) is 0. The Labute approximate surface area is 184 Å². The van der Waals surface area contributed by atoms with Crippen LogP contribution < -0.4 is 10.2 Å². The van der Waals surface area contributed by atoms with Crippen LogP contribution in [-0.2, 0) is 13.0 Å². The van der Waals surface area contributed by atoms with E-state index in [4.69, 9.17) is 11.6 Å². The normalized spacial score (nSPS) is 16.9. The molecule has 2 N–H and O–H groups in total. The average Bonchev–Trinajstić information content (AvgIpc) is 3.14. The van der Waals surface area contributed by atoms with Crippen molar-refractivity contribution in [2.75, 3.05) is 16.8 Å². The highest BCUT2D eigenvalue weighted by molar-refractivity contribution is 6.34. The molecule has 162 valence electrons. The Balaban J connectivity index is 1.65. The molecule has 9 heteroatoms. The van der Waals surface area contributed by atoms with Gasteiger partial charge in [0.25, 0.3) is 5.91 Å². The number of carbonyl (C=O) groups excluding carboxylic acids is 1. The third kappa shape index (κ3) is 4.13. The Hall–Kier alpha value is -2.97. The molecule has 2 atom stereocenters. The maximum Gasteiger partial charge on any atom is 0.262 e. The standard InChI is InChI=1S/C22H23ClFN5O2/c1-13(12-30)27-21-8-20(17(23)10-25-21)29-14(2)7-19-16(22(29)31)9-26-28(19)11-15-5-3-4-6-18(15)24/h3-6,8-10,13-14,30H,7,11-12H2,1-2H3,(H,25,27)/t13?,14-/m0/s1. The average molecular weight is 444 g/mol. The fraction of sp³-hybridized carbons (Fsp3) is 0.318. The highest BCUT2D eigenvalue weighted by Crippen LogP contribution is 2.34. The number of aromatic nitrogens is 3. The molecule has 7 nitrogen and oxygen atoms in total. The Morgan fingerprint density at radius 3 is 2.87 bits per heavy atom. The van der Waals surface area contributed by atoms with E-state index in [2.05, 4.69) is 15.4 Å². The molecule has 0 saturated carbocycles. The number of amides is 1. The Morgan fingerprint density at radius 1 is 1.35 bits per heavy atom. The summed E-state index contributed by atoms with van der Waals surface area (Å²) < 4.78 is 15.8. The molecule has 0 radical (unpaired) electrons. The third-order valence-corrected chi connectivity index (χ3v) is 5.66. The number of benzene rings is 1. The first kappa shape index (κ1) is 21.3. The number of anilines is 2. The lowest BCUT2D eigenvalue weighted by Crippen LogP contribution is -2.44. The van der Waals surface area contributed by atoms with Gasteiger partial charge in [0.15, 0.2) is 0 Å². The summed E-state index contributed by atoms with van der Waals surface area (Å²) in [5, 5.41) is 17.1. The number of nitrogens with zero attached hydrogens (tertiary/aromatic N) is 4. The predicted molar refractivity (Wildman–Crippen MR) is 117 cm³/mol. The van der Waals surface area contributed by atoms with Crippen LogP contribution in [0.3, 0.4) is 0 Å². The number of aliphatic hydroxyl groups is 1. The first-order valence-electron chi connectivity index (χ1n) is 10.0. The summed E-state index contributed by atoms with van der Waals surface area (Å²) >= 11 is 6.39. The van der Waals surface area contributed by atoms with Gasteiger partial charge in [0.2, 0.25) is 0 Å². The van der Waals surface area contributed by atoms with Gasteiger partial charge in [-0.05, 0) is 19.9 Å². The van der Waals surface area contributed by atoms with Gasteiger partial charge in [-0.15, -0.1) is 0 Å². The molecular formula is C22H23ClFN5O2. The van der Waals surface area contributed by atoms with Gasteiger partial charge >= 0.3 is 0 Å². The van der Waals surface area contributed by atoms with E-state index in [9.17, 15) is 14.3 Å². The second-order valence-electron chi connectivity index (χ2n) is 7.73. The van der Waals surface area contributed by atoms with Crippen molar-refractivity contribution < 1.29 is 14.3 Å². The van der Waals surface area contributed by atoms with Crippen molar-refractivity contribution in [1.82, 2.24) is 14.8 Å². The van der Waals surface area contributed by atoms with Crippen LogP contribution in [0.5, 0.6) is 0 Å². The second kappa shape index (κ2) is 8.64. The highest BCUT2D eigenvalue weighted by atomic mass is 35.5. The first-order valence-corrected chi connectivity index (χ1v) is 10.4. The summed E-state index contributed by atoms with van der Waals surface area (Å²) in [6.07, 6.45) is 3.56. The van der Waals surface area contributed by atoms with Gasteiger partial charge in [-0.2, -0.15) is 5.10 Å². The molecule has 0 aliphatic carbocycles. The first-order chi connectivity index (χ1) is 14.9. The van der Waals surface area contributed by atoms with E-state index < -0.39 is 0 Å². The maximum atomic E-state index is 14.1. The number of pyridine rings is 1. The van der Waals surface area contributed by atoms with E-state index in [0.29, 0.717) is 34.1 Å². The summed E-state index contributed by atoms with van der Waals surface area (Å²) in [5.41, 5.74) is 2.30. The monoisotopic (exact) mass is 443 g/mol. The van der Waals surface area contributed by atoms with E-state index in [1.54, 1.807) is 33.8 Å². The van der Waals surface area contributed by atoms with Crippen molar-refractivity contribution in [3.63, 3.8) is 0 Å². The molecule has 1 aliphatic heterocycles. The number of aliphatic hydroxyl groups excluding tert-OH is 1. The number of rotatable bonds is 6. The van der Waals surface area contributed by atoms with Crippen LogP contribution >= 0.6 is 11.6 Å². The maximum absolute atomic E-state index is 14.1. The van der Waals surface area contributed by atoms with Crippen LogP contribution in [0.25, 0.3) is 0 Å². The molecule has 0 saturated heterocycles. The second-order valence-corrected chi connectivity index (χ2v) is 8.14. The molecule has 31 heavy (non-hydrogen) atoms. The van der Waals surface area contributed by atoms with Crippen molar-refractivity contribution in [2.24, 2.45) is 0 Å². The zero-order chi connectivity index (χ0) is 22.1. The largest absolute Gasteiger partial charge is 0.394 e. The molecule has 2 aromatic heterocycles. The molecule has 1 unspecified atom stereocenters. The lowest BCUT2D eigenvalue weighted by Gasteiger charge is -2.34. The lowest BCUT2D eigenvalue weighted by molar-refractivity contribution is 0.0969. The smallest absolute Gasteiger partial charge is 0.262 e. The molecule has 0 fully saturated rings. The van der Waals surface area contributed by atoms with E-state index >= 15 is 0 Å². The lowest BCUT2D eigenvalue weighted by atomic mass is 9.99. The van der Waals surface area contributed by atoms with Gasteiger partial charge < -0.3 is 15.3 Å². The van der Waals surface area contributed by atoms with E-state index in [1.165, 1.54) is 18.5 Å². The molecule has 3 aromatic rings. The predicted octanol–water partition coefficient (Wildman–Crippen LogP) is 3.50. The van der Waals surface area contributed by atoms with Gasteiger partial charge in [0.05, 0.1) is 47.5 Å². The summed E-state index contributed by atoms with van der Waals surface area (Å²) in [6.45, 7) is 3.96. The fourth-order valence-corrected chi connectivity index (χ4v) is 3.96. The Bertz CT molecular complexity index is 1120. The van der Waals surface area contributed by atoms with Gasteiger partial charge in [0, 0.05) is 30.1 Å². The van der Waals surface area contributed by atoms with E-state index in [-0.39, 0.29) is 37.0 Å². The summed E-state index contributed by atoms with van der Waals surface area (Å²) in [6, 6.07) is 7.86. The van der Waals surface area contributed by atoms with Crippen molar-refractivity contribution in [1.29, 1.82) is 0 Å². The molecule has 0 bridgehead atoms. The van der Waals surface area contributed by atoms with Gasteiger partial charge in [-0.3, -0.25) is 9.48 Å². The molecule has 4 rings (SSSR count). The SMILES string of the molecule is CC(CO)Nc1cc(N2C(=O)c3cnn(Cc4ccccc4F)c3C[C@@H]2C)c(Cl)cn1. The number of halogens is 2. The van der Waals surface area contributed by atoms with Crippen LogP contribution in [0.4, 0.5) is 15.9 Å². The van der Waals surface area contributed by atoms with Crippen molar-refractivity contribution in [3.05, 3.63) is 70.4 Å². The number of hydrogen-bond acceptors (Lipinski definition) is 5. The van der Waals surface area contributed by atoms with Crippen LogP contribution in [0, 0.1) is 5.82 Å². The van der Waals surface area contributed by atoms with Gasteiger partial charge in [-0.1, -0.05) is 29.8 Å². The minimum absolute atomic E-state index is 0.0523. The quantitative estimate of drug-likeness (QED) is 0.609. The topological polar surface area (TPSA) is 83.3 Å². The molecule has 1 aliphatic rings. The minimum Gasteiger partial charge on any atom is -0.394 e. The molecule has 1 aromatic carbocycles. The van der Waals surface area contributed by atoms with Gasteiger partial charge in [0.1, 0.15) is 11.6 Å². The van der Waals surface area contributed by atoms with Crippen molar-refractivity contribution >= 4 is 29.0 Å². The number of carbonyl (C=O) groups is 1. The van der Waals surface area contributed by atoms with Crippen LogP contribution in [0.2, 0.25) is 5.02 Å². The third-order valence-electron chi connectivity index (χ3n) is 5.37. The summed E-state index contributed by atoms with van der Waals surface area (Å²) in [4.78, 5) is 19.2. The van der Waals surface area contributed by atoms with Gasteiger partial charge in [-0.25, -0.2) is 9.37 Å². The molecule has 1 amide bonds. The van der Waals surface area contributed by atoms with Crippen molar-refractivity contribution in [3.8, 4) is 0 Å². The number of hydrogen-bond donors (Lipinski definition) is 2. The zero-order valence-corrected chi connectivity index (χ0v) is 18.0. The zero-order valence-electron chi connectivity index (χ0n) is 17.2. The van der Waals surface area contributed by atoms with Crippen LogP contribution in [-0.4, -0.2) is 44.5 Å². The minimum atomic E-state index is -0.302. The molecule has 3 heterocycles. The molecule has 0 spiro atoms. The fourth-order valence-electron chi connectivity index (χ4n) is 3.77.